The number of nitrogens with zero attached hydrogens (tertiary/aromatic N) is 1. The molecule has 2 aliphatic carbocycles. The fourth-order valence-electron chi connectivity index (χ4n) is 1.96. The second-order valence-corrected chi connectivity index (χ2v) is 4.41. The molecule has 60 valence electrons. The van der Waals surface area contributed by atoms with E-state index in [4.69, 9.17) is 5.26 Å². The minimum Gasteiger partial charge on any atom is -0.198 e. The fraction of sp³-hybridized carbons (Fsp3) is 0.900. The second-order valence-electron chi connectivity index (χ2n) is 4.41. The maximum absolute atomic E-state index is 8.86. The van der Waals surface area contributed by atoms with Gasteiger partial charge in [-0.05, 0) is 43.9 Å². The van der Waals surface area contributed by atoms with E-state index in [0.29, 0.717) is 0 Å². The van der Waals surface area contributed by atoms with E-state index >= 15 is 0 Å². The van der Waals surface area contributed by atoms with Crippen LogP contribution in [0.4, 0.5) is 0 Å². The Morgan fingerprint density at radius 3 is 2.55 bits per heavy atom. The number of rotatable bonds is 3. The summed E-state index contributed by atoms with van der Waals surface area (Å²) in [7, 11) is 0. The topological polar surface area (TPSA) is 23.8 Å². The second kappa shape index (κ2) is 2.24. The molecule has 1 atom stereocenters. The Hall–Kier alpha value is -0.510. The standard InChI is InChI=1S/C10H15N/c1-8(9-2-3-9)6-10(7-11)4-5-10/h8-9H,2-6H2,1H3. The Bertz CT molecular complexity index is 193. The Kier molecular flexibility index (Phi) is 1.45. The van der Waals surface area contributed by atoms with Crippen molar-refractivity contribution in [1.82, 2.24) is 0 Å². The van der Waals surface area contributed by atoms with Gasteiger partial charge in [-0.15, -0.1) is 0 Å². The van der Waals surface area contributed by atoms with Gasteiger partial charge in [0.1, 0.15) is 0 Å². The average molecular weight is 149 g/mol. The molecule has 0 aliphatic heterocycles. The lowest BCUT2D eigenvalue weighted by Crippen LogP contribution is -2.06. The zero-order valence-corrected chi connectivity index (χ0v) is 7.14. The molecule has 2 fully saturated rings. The summed E-state index contributed by atoms with van der Waals surface area (Å²) in [5.74, 6) is 1.79. The summed E-state index contributed by atoms with van der Waals surface area (Å²) in [6, 6.07) is 2.47. The van der Waals surface area contributed by atoms with E-state index in [1.807, 2.05) is 0 Å². The summed E-state index contributed by atoms with van der Waals surface area (Å²) in [4.78, 5) is 0. The molecule has 0 bridgehead atoms. The molecule has 2 aliphatic rings. The van der Waals surface area contributed by atoms with Crippen molar-refractivity contribution in [2.24, 2.45) is 17.3 Å². The van der Waals surface area contributed by atoms with Crippen LogP contribution < -0.4 is 0 Å². The molecule has 0 saturated heterocycles. The Morgan fingerprint density at radius 1 is 1.55 bits per heavy atom. The molecule has 0 aromatic carbocycles. The van der Waals surface area contributed by atoms with Crippen molar-refractivity contribution in [2.75, 3.05) is 0 Å². The molecule has 0 N–H and O–H groups in total. The molecule has 1 unspecified atom stereocenters. The zero-order valence-electron chi connectivity index (χ0n) is 7.14. The van der Waals surface area contributed by atoms with Gasteiger partial charge in [-0.3, -0.25) is 0 Å². The van der Waals surface area contributed by atoms with Gasteiger partial charge in [0.15, 0.2) is 0 Å². The van der Waals surface area contributed by atoms with Crippen molar-refractivity contribution in [1.29, 1.82) is 5.26 Å². The molecule has 0 radical (unpaired) electrons. The van der Waals surface area contributed by atoms with Gasteiger partial charge in [0, 0.05) is 0 Å². The predicted octanol–water partition coefficient (Wildman–Crippen LogP) is 2.73. The van der Waals surface area contributed by atoms with Crippen molar-refractivity contribution < 1.29 is 0 Å². The van der Waals surface area contributed by atoms with E-state index in [1.54, 1.807) is 0 Å². The van der Waals surface area contributed by atoms with Crippen molar-refractivity contribution in [2.45, 2.75) is 39.0 Å². The van der Waals surface area contributed by atoms with Crippen LogP contribution in [0.1, 0.15) is 39.0 Å². The van der Waals surface area contributed by atoms with Crippen molar-refractivity contribution in [3.05, 3.63) is 0 Å². The normalized spacial score (nSPS) is 29.1. The molecule has 0 amide bonds. The maximum Gasteiger partial charge on any atom is 0.0689 e. The van der Waals surface area contributed by atoms with Crippen LogP contribution in [-0.4, -0.2) is 0 Å². The molecule has 11 heavy (non-hydrogen) atoms. The van der Waals surface area contributed by atoms with Gasteiger partial charge in [0.25, 0.3) is 0 Å². The Labute approximate surface area is 68.4 Å². The van der Waals surface area contributed by atoms with E-state index in [-0.39, 0.29) is 5.41 Å². The average Bonchev–Trinajstić information content (AvgIpc) is 2.85. The summed E-state index contributed by atoms with van der Waals surface area (Å²) in [5.41, 5.74) is 0.141. The third-order valence-corrected chi connectivity index (χ3v) is 3.23. The molecule has 0 heterocycles. The predicted molar refractivity (Wildman–Crippen MR) is 43.8 cm³/mol. The summed E-state index contributed by atoms with van der Waals surface area (Å²) in [6.07, 6.45) is 6.35. The van der Waals surface area contributed by atoms with Crippen LogP contribution in [0.3, 0.4) is 0 Å². The van der Waals surface area contributed by atoms with Crippen LogP contribution in [0.2, 0.25) is 0 Å². The van der Waals surface area contributed by atoms with E-state index in [2.05, 4.69) is 13.0 Å². The Morgan fingerprint density at radius 2 is 2.18 bits per heavy atom. The quantitative estimate of drug-likeness (QED) is 0.605. The summed E-state index contributed by atoms with van der Waals surface area (Å²) in [5, 5.41) is 8.86. The van der Waals surface area contributed by atoms with Gasteiger partial charge in [-0.25, -0.2) is 0 Å². The Balaban J connectivity index is 1.85. The highest BCUT2D eigenvalue weighted by Crippen LogP contribution is 2.53. The lowest BCUT2D eigenvalue weighted by Gasteiger charge is -2.12. The molecule has 1 nitrogen and oxygen atoms in total. The van der Waals surface area contributed by atoms with Crippen molar-refractivity contribution in [3.63, 3.8) is 0 Å². The molecular formula is C10H15N. The number of hydrogen-bond acceptors (Lipinski definition) is 1. The molecule has 2 rings (SSSR count). The van der Waals surface area contributed by atoms with Gasteiger partial charge in [0.2, 0.25) is 0 Å². The van der Waals surface area contributed by atoms with Gasteiger partial charge in [-0.2, -0.15) is 5.26 Å². The minimum absolute atomic E-state index is 0.141. The van der Waals surface area contributed by atoms with Crippen LogP contribution in [0.5, 0.6) is 0 Å². The van der Waals surface area contributed by atoms with Crippen LogP contribution in [-0.2, 0) is 0 Å². The largest absolute Gasteiger partial charge is 0.198 e. The van der Waals surface area contributed by atoms with Crippen LogP contribution in [0.25, 0.3) is 0 Å². The molecule has 1 heteroatoms. The van der Waals surface area contributed by atoms with E-state index in [9.17, 15) is 0 Å². The number of hydrogen-bond donors (Lipinski definition) is 0. The number of nitriles is 1. The summed E-state index contributed by atoms with van der Waals surface area (Å²) >= 11 is 0. The molecule has 0 spiro atoms. The molecular weight excluding hydrogens is 134 g/mol. The van der Waals surface area contributed by atoms with E-state index in [0.717, 1.165) is 11.8 Å². The maximum atomic E-state index is 8.86. The van der Waals surface area contributed by atoms with Gasteiger partial charge >= 0.3 is 0 Å². The van der Waals surface area contributed by atoms with Crippen molar-refractivity contribution >= 4 is 0 Å². The molecule has 0 aromatic rings. The lowest BCUT2D eigenvalue weighted by atomic mass is 9.91. The van der Waals surface area contributed by atoms with Gasteiger partial charge < -0.3 is 0 Å². The highest BCUT2D eigenvalue weighted by Gasteiger charge is 2.46. The first-order valence-electron chi connectivity index (χ1n) is 4.67. The minimum atomic E-state index is 0.141. The fourth-order valence-corrected chi connectivity index (χ4v) is 1.96. The molecule has 0 aromatic heterocycles. The highest BCUT2D eigenvalue weighted by molar-refractivity contribution is 5.10. The third kappa shape index (κ3) is 1.40. The van der Waals surface area contributed by atoms with Gasteiger partial charge in [0.05, 0.1) is 11.5 Å². The highest BCUT2D eigenvalue weighted by atomic mass is 14.5. The van der Waals surface area contributed by atoms with E-state index in [1.165, 1.54) is 32.1 Å². The third-order valence-electron chi connectivity index (χ3n) is 3.23. The van der Waals surface area contributed by atoms with Crippen molar-refractivity contribution in [3.8, 4) is 6.07 Å². The smallest absolute Gasteiger partial charge is 0.0689 e. The SMILES string of the molecule is CC(CC1(C#N)CC1)C1CC1. The first-order chi connectivity index (χ1) is 5.26. The van der Waals surface area contributed by atoms with Crippen LogP contribution in [0.15, 0.2) is 0 Å². The van der Waals surface area contributed by atoms with E-state index < -0.39 is 0 Å². The zero-order chi connectivity index (χ0) is 7.90. The summed E-state index contributed by atoms with van der Waals surface area (Å²) in [6.45, 7) is 2.31. The van der Waals surface area contributed by atoms with Crippen LogP contribution >= 0.6 is 0 Å². The van der Waals surface area contributed by atoms with Gasteiger partial charge in [-0.1, -0.05) is 6.92 Å². The first kappa shape index (κ1) is 7.16. The summed E-state index contributed by atoms with van der Waals surface area (Å²) < 4.78 is 0. The first-order valence-corrected chi connectivity index (χ1v) is 4.67. The molecule has 2 saturated carbocycles. The monoisotopic (exact) mass is 149 g/mol. The lowest BCUT2D eigenvalue weighted by molar-refractivity contribution is 0.397. The van der Waals surface area contributed by atoms with Crippen LogP contribution in [0, 0.1) is 28.6 Å².